The Hall–Kier alpha value is -3.36. The minimum atomic E-state index is -0.0882. The van der Waals surface area contributed by atoms with Crippen molar-refractivity contribution < 1.29 is 4.74 Å². The lowest BCUT2D eigenvalue weighted by Gasteiger charge is -2.33. The number of hydrogen-bond acceptors (Lipinski definition) is 6. The zero-order valence-corrected chi connectivity index (χ0v) is 21.2. The van der Waals surface area contributed by atoms with E-state index in [-0.39, 0.29) is 23.6 Å². The van der Waals surface area contributed by atoms with Crippen LogP contribution in [0, 0.1) is 12.8 Å². The standard InChI is InChI=1S/C28H34N6O2/c1-19(2)26(27-30-31-32-34(27)18-24-10-7-13-36-24)33(16-21-8-5-4-6-9-21)17-23-15-22-12-11-20(3)14-25(22)29-28(23)35/h4-6,8-9,11-12,14-15,19,24,26H,7,10,13,16-18H2,1-3H3,(H,29,35)/t24-,26+/m0/s1. The summed E-state index contributed by atoms with van der Waals surface area (Å²) in [4.78, 5) is 18.6. The third kappa shape index (κ3) is 5.39. The van der Waals surface area contributed by atoms with Crippen LogP contribution in [0.25, 0.3) is 10.9 Å². The maximum atomic E-state index is 13.2. The van der Waals surface area contributed by atoms with Gasteiger partial charge in [-0.3, -0.25) is 9.69 Å². The second-order valence-electron chi connectivity index (χ2n) is 10.1. The molecular weight excluding hydrogens is 452 g/mol. The van der Waals surface area contributed by atoms with E-state index in [4.69, 9.17) is 4.74 Å². The van der Waals surface area contributed by atoms with Crippen LogP contribution in [-0.4, -0.2) is 42.8 Å². The molecule has 2 aromatic heterocycles. The second-order valence-corrected chi connectivity index (χ2v) is 10.1. The van der Waals surface area contributed by atoms with Gasteiger partial charge in [0.2, 0.25) is 0 Å². The molecule has 36 heavy (non-hydrogen) atoms. The van der Waals surface area contributed by atoms with E-state index >= 15 is 0 Å². The molecule has 0 bridgehead atoms. The van der Waals surface area contributed by atoms with Gasteiger partial charge in [0.15, 0.2) is 5.82 Å². The first-order valence-corrected chi connectivity index (χ1v) is 12.8. The average Bonchev–Trinajstić information content (AvgIpc) is 3.53. The van der Waals surface area contributed by atoms with Crippen LogP contribution in [0.2, 0.25) is 0 Å². The molecule has 1 aliphatic heterocycles. The molecule has 8 nitrogen and oxygen atoms in total. The summed E-state index contributed by atoms with van der Waals surface area (Å²) in [6.07, 6.45) is 2.22. The summed E-state index contributed by atoms with van der Waals surface area (Å²) in [6, 6.07) is 18.4. The minimum absolute atomic E-state index is 0.0624. The Bertz CT molecular complexity index is 1360. The second kappa shape index (κ2) is 10.7. The van der Waals surface area contributed by atoms with E-state index in [2.05, 4.69) is 63.5 Å². The van der Waals surface area contributed by atoms with Gasteiger partial charge in [0.05, 0.1) is 18.7 Å². The van der Waals surface area contributed by atoms with Crippen molar-refractivity contribution >= 4 is 10.9 Å². The maximum absolute atomic E-state index is 13.2. The van der Waals surface area contributed by atoms with Crippen LogP contribution in [0.3, 0.4) is 0 Å². The number of pyridine rings is 1. The zero-order valence-electron chi connectivity index (χ0n) is 21.2. The van der Waals surface area contributed by atoms with Gasteiger partial charge in [0.25, 0.3) is 5.56 Å². The normalized spacial score (nSPS) is 16.9. The Morgan fingerprint density at radius 2 is 1.97 bits per heavy atom. The number of tetrazole rings is 1. The first kappa shape index (κ1) is 24.3. The van der Waals surface area contributed by atoms with Crippen LogP contribution in [0.1, 0.15) is 55.2 Å². The molecule has 0 amide bonds. The highest BCUT2D eigenvalue weighted by atomic mass is 16.5. The van der Waals surface area contributed by atoms with E-state index in [0.29, 0.717) is 19.6 Å². The molecule has 4 aromatic rings. The Morgan fingerprint density at radius 1 is 1.14 bits per heavy atom. The van der Waals surface area contributed by atoms with Crippen molar-refractivity contribution in [3.05, 3.63) is 87.5 Å². The molecule has 1 fully saturated rings. The molecule has 2 atom stereocenters. The van der Waals surface area contributed by atoms with Crippen molar-refractivity contribution in [2.75, 3.05) is 6.61 Å². The molecule has 3 heterocycles. The lowest BCUT2D eigenvalue weighted by Crippen LogP contribution is -2.36. The maximum Gasteiger partial charge on any atom is 0.252 e. The molecule has 0 radical (unpaired) electrons. The predicted molar refractivity (Wildman–Crippen MR) is 139 cm³/mol. The van der Waals surface area contributed by atoms with Gasteiger partial charge >= 0.3 is 0 Å². The van der Waals surface area contributed by atoms with E-state index in [9.17, 15) is 4.79 Å². The van der Waals surface area contributed by atoms with Gasteiger partial charge in [0.1, 0.15) is 0 Å². The smallest absolute Gasteiger partial charge is 0.252 e. The number of ether oxygens (including phenoxy) is 1. The highest BCUT2D eigenvalue weighted by molar-refractivity contribution is 5.79. The van der Waals surface area contributed by atoms with Gasteiger partial charge in [-0.15, -0.1) is 5.10 Å². The van der Waals surface area contributed by atoms with Gasteiger partial charge in [-0.25, -0.2) is 4.68 Å². The molecule has 0 unspecified atom stereocenters. The average molecular weight is 487 g/mol. The molecule has 1 saturated heterocycles. The molecule has 5 rings (SSSR count). The number of H-pyrrole nitrogens is 1. The van der Waals surface area contributed by atoms with Crippen molar-refractivity contribution in [2.45, 2.75) is 65.4 Å². The van der Waals surface area contributed by atoms with Crippen molar-refractivity contribution in [2.24, 2.45) is 5.92 Å². The SMILES string of the molecule is Cc1ccc2cc(CN(Cc3ccccc3)[C@@H](c3nnnn3C[C@@H]3CCCO3)C(C)C)c(=O)[nH]c2c1. The van der Waals surface area contributed by atoms with Crippen LogP contribution in [-0.2, 0) is 24.4 Å². The van der Waals surface area contributed by atoms with E-state index < -0.39 is 0 Å². The first-order chi connectivity index (χ1) is 17.5. The molecule has 2 aromatic carbocycles. The molecule has 0 spiro atoms. The summed E-state index contributed by atoms with van der Waals surface area (Å²) in [5.74, 6) is 1.02. The van der Waals surface area contributed by atoms with Crippen LogP contribution in [0.15, 0.2) is 59.4 Å². The zero-order chi connectivity index (χ0) is 25.1. The molecule has 0 saturated carbocycles. The monoisotopic (exact) mass is 486 g/mol. The number of rotatable bonds is 9. The summed E-state index contributed by atoms with van der Waals surface area (Å²) in [7, 11) is 0. The van der Waals surface area contributed by atoms with Crippen LogP contribution < -0.4 is 5.56 Å². The Balaban J connectivity index is 1.52. The Morgan fingerprint density at radius 3 is 2.72 bits per heavy atom. The topological polar surface area (TPSA) is 88.9 Å². The third-order valence-electron chi connectivity index (χ3n) is 6.93. The van der Waals surface area contributed by atoms with Gasteiger partial charge in [-0.05, 0) is 64.8 Å². The van der Waals surface area contributed by atoms with Gasteiger partial charge < -0.3 is 9.72 Å². The minimum Gasteiger partial charge on any atom is -0.376 e. The van der Waals surface area contributed by atoms with Crippen LogP contribution in [0.5, 0.6) is 0 Å². The van der Waals surface area contributed by atoms with Crippen LogP contribution in [0.4, 0.5) is 0 Å². The number of hydrogen-bond donors (Lipinski definition) is 1. The summed E-state index contributed by atoms with van der Waals surface area (Å²) >= 11 is 0. The predicted octanol–water partition coefficient (Wildman–Crippen LogP) is 4.40. The number of nitrogens with one attached hydrogen (secondary N) is 1. The molecule has 1 aliphatic rings. The van der Waals surface area contributed by atoms with Crippen molar-refractivity contribution in [3.63, 3.8) is 0 Å². The fourth-order valence-corrected chi connectivity index (χ4v) is 5.18. The number of nitrogens with zero attached hydrogens (tertiary/aromatic N) is 5. The number of fused-ring (bicyclic) bond motifs is 1. The third-order valence-corrected chi connectivity index (χ3v) is 6.93. The molecule has 1 N–H and O–H groups in total. The Labute approximate surface area is 211 Å². The number of benzene rings is 2. The summed E-state index contributed by atoms with van der Waals surface area (Å²) in [5, 5.41) is 13.9. The molecule has 188 valence electrons. The summed E-state index contributed by atoms with van der Waals surface area (Å²) in [6.45, 7) is 8.97. The quantitative estimate of drug-likeness (QED) is 0.377. The van der Waals surface area contributed by atoms with E-state index in [1.165, 1.54) is 5.56 Å². The van der Waals surface area contributed by atoms with E-state index in [1.54, 1.807) is 0 Å². The fourth-order valence-electron chi connectivity index (χ4n) is 5.18. The fraction of sp³-hybridized carbons (Fsp3) is 0.429. The summed E-state index contributed by atoms with van der Waals surface area (Å²) in [5.41, 5.74) is 3.82. The van der Waals surface area contributed by atoms with Gasteiger partial charge in [0, 0.05) is 30.8 Å². The van der Waals surface area contributed by atoms with Gasteiger partial charge in [-0.1, -0.05) is 56.3 Å². The number of aryl methyl sites for hydroxylation is 1. The first-order valence-electron chi connectivity index (χ1n) is 12.8. The highest BCUT2D eigenvalue weighted by Crippen LogP contribution is 2.31. The lowest BCUT2D eigenvalue weighted by atomic mass is 9.99. The highest BCUT2D eigenvalue weighted by Gasteiger charge is 2.31. The van der Waals surface area contributed by atoms with Crippen molar-refractivity contribution in [1.29, 1.82) is 0 Å². The van der Waals surface area contributed by atoms with Crippen LogP contribution >= 0.6 is 0 Å². The Kier molecular flexibility index (Phi) is 7.25. The molecular formula is C28H34N6O2. The van der Waals surface area contributed by atoms with E-state index in [1.807, 2.05) is 41.9 Å². The van der Waals surface area contributed by atoms with Gasteiger partial charge in [-0.2, -0.15) is 0 Å². The summed E-state index contributed by atoms with van der Waals surface area (Å²) < 4.78 is 7.76. The lowest BCUT2D eigenvalue weighted by molar-refractivity contribution is 0.0851. The molecule has 0 aliphatic carbocycles. The number of aromatic nitrogens is 5. The van der Waals surface area contributed by atoms with Crippen molar-refractivity contribution in [1.82, 2.24) is 30.1 Å². The van der Waals surface area contributed by atoms with Crippen molar-refractivity contribution in [3.8, 4) is 0 Å². The largest absolute Gasteiger partial charge is 0.376 e. The molecule has 8 heteroatoms. The number of aromatic amines is 1. The van der Waals surface area contributed by atoms with E-state index in [0.717, 1.165) is 47.3 Å².